The Labute approximate surface area is 123 Å². The summed E-state index contributed by atoms with van der Waals surface area (Å²) >= 11 is 1.38. The van der Waals surface area contributed by atoms with E-state index < -0.39 is 0 Å². The van der Waals surface area contributed by atoms with Gasteiger partial charge in [-0.2, -0.15) is 5.26 Å². The number of carbonyl (C=O) groups excluding carboxylic acids is 1. The maximum atomic E-state index is 12.1. The van der Waals surface area contributed by atoms with Crippen molar-refractivity contribution in [3.8, 4) is 6.07 Å². The summed E-state index contributed by atoms with van der Waals surface area (Å²) in [4.78, 5) is 16.1. The van der Waals surface area contributed by atoms with Crippen LogP contribution in [0.4, 0.5) is 0 Å². The van der Waals surface area contributed by atoms with Crippen LogP contribution >= 0.6 is 11.3 Å². The van der Waals surface area contributed by atoms with Crippen LogP contribution in [0.2, 0.25) is 0 Å². The fourth-order valence-electron chi connectivity index (χ4n) is 1.75. The van der Waals surface area contributed by atoms with E-state index in [-0.39, 0.29) is 23.6 Å². The number of amides is 1. The van der Waals surface area contributed by atoms with Crippen LogP contribution in [0.1, 0.15) is 32.2 Å². The van der Waals surface area contributed by atoms with Crippen molar-refractivity contribution in [2.75, 3.05) is 6.61 Å². The summed E-state index contributed by atoms with van der Waals surface area (Å²) < 4.78 is 5.49. The normalized spacial score (nSPS) is 14.4. The SMILES string of the molecule is CCOC(C)C(CC)NC(=O)/C(C#N)=C/c1nccs1. The molecule has 1 N–H and O–H groups in total. The maximum absolute atomic E-state index is 12.1. The molecular weight excluding hydrogens is 274 g/mol. The molecule has 0 aliphatic carbocycles. The first-order valence-electron chi connectivity index (χ1n) is 6.56. The number of nitrogens with zero attached hydrogens (tertiary/aromatic N) is 2. The Balaban J connectivity index is 2.75. The van der Waals surface area contributed by atoms with Gasteiger partial charge in [-0.3, -0.25) is 4.79 Å². The van der Waals surface area contributed by atoms with Crippen LogP contribution in [0, 0.1) is 11.3 Å². The molecule has 108 valence electrons. The molecule has 0 saturated heterocycles. The molecule has 0 saturated carbocycles. The van der Waals surface area contributed by atoms with Crippen molar-refractivity contribution >= 4 is 23.3 Å². The Kier molecular flexibility index (Phi) is 6.91. The first-order chi connectivity index (χ1) is 9.62. The first-order valence-corrected chi connectivity index (χ1v) is 7.44. The second kappa shape index (κ2) is 8.46. The minimum atomic E-state index is -0.388. The summed E-state index contributed by atoms with van der Waals surface area (Å²) in [6.07, 6.45) is 3.78. The Morgan fingerprint density at radius 3 is 2.90 bits per heavy atom. The monoisotopic (exact) mass is 293 g/mol. The average molecular weight is 293 g/mol. The zero-order valence-corrected chi connectivity index (χ0v) is 12.7. The fourth-order valence-corrected chi connectivity index (χ4v) is 2.32. The molecule has 0 aliphatic heterocycles. The third-order valence-electron chi connectivity index (χ3n) is 2.84. The van der Waals surface area contributed by atoms with E-state index >= 15 is 0 Å². The second-order valence-corrected chi connectivity index (χ2v) is 5.11. The predicted octanol–water partition coefficient (Wildman–Crippen LogP) is 2.37. The van der Waals surface area contributed by atoms with Gasteiger partial charge in [-0.15, -0.1) is 11.3 Å². The van der Waals surface area contributed by atoms with Gasteiger partial charge in [-0.25, -0.2) is 4.98 Å². The van der Waals surface area contributed by atoms with Crippen molar-refractivity contribution in [2.45, 2.75) is 39.3 Å². The number of hydrogen-bond donors (Lipinski definition) is 1. The molecule has 20 heavy (non-hydrogen) atoms. The van der Waals surface area contributed by atoms with Crippen LogP contribution < -0.4 is 5.32 Å². The number of thiazole rings is 1. The van der Waals surface area contributed by atoms with Gasteiger partial charge in [0.2, 0.25) is 0 Å². The first kappa shape index (κ1) is 16.3. The number of ether oxygens (including phenoxy) is 1. The number of nitrogens with one attached hydrogen (secondary N) is 1. The smallest absolute Gasteiger partial charge is 0.262 e. The zero-order valence-electron chi connectivity index (χ0n) is 11.9. The van der Waals surface area contributed by atoms with E-state index in [2.05, 4.69) is 10.3 Å². The van der Waals surface area contributed by atoms with E-state index in [4.69, 9.17) is 10.00 Å². The molecule has 5 nitrogen and oxygen atoms in total. The topological polar surface area (TPSA) is 75.0 Å². The highest BCUT2D eigenvalue weighted by Crippen LogP contribution is 2.11. The summed E-state index contributed by atoms with van der Waals surface area (Å²) in [5.41, 5.74) is 0.0575. The van der Waals surface area contributed by atoms with Gasteiger partial charge >= 0.3 is 0 Å². The lowest BCUT2D eigenvalue weighted by Gasteiger charge is -2.23. The van der Waals surface area contributed by atoms with Crippen molar-refractivity contribution in [3.63, 3.8) is 0 Å². The van der Waals surface area contributed by atoms with Crippen molar-refractivity contribution in [3.05, 3.63) is 22.2 Å². The van der Waals surface area contributed by atoms with E-state index in [9.17, 15) is 4.79 Å². The van der Waals surface area contributed by atoms with Crippen molar-refractivity contribution in [1.29, 1.82) is 5.26 Å². The lowest BCUT2D eigenvalue weighted by Crippen LogP contribution is -2.43. The van der Waals surface area contributed by atoms with Gasteiger partial charge < -0.3 is 10.1 Å². The van der Waals surface area contributed by atoms with E-state index in [1.165, 1.54) is 17.4 Å². The van der Waals surface area contributed by atoms with Gasteiger partial charge in [0.25, 0.3) is 5.91 Å². The molecular formula is C14H19N3O2S. The molecule has 2 unspecified atom stereocenters. The minimum Gasteiger partial charge on any atom is -0.377 e. The molecule has 0 fully saturated rings. The largest absolute Gasteiger partial charge is 0.377 e. The molecule has 1 heterocycles. The zero-order chi connectivity index (χ0) is 15.0. The number of rotatable bonds is 7. The molecule has 1 aromatic heterocycles. The highest BCUT2D eigenvalue weighted by molar-refractivity contribution is 7.10. The Bertz CT molecular complexity index is 491. The van der Waals surface area contributed by atoms with Crippen LogP contribution in [0.3, 0.4) is 0 Å². The Morgan fingerprint density at radius 1 is 1.65 bits per heavy atom. The van der Waals surface area contributed by atoms with Crippen LogP contribution in [0.15, 0.2) is 17.2 Å². The van der Waals surface area contributed by atoms with Crippen LogP contribution in [-0.4, -0.2) is 29.6 Å². The van der Waals surface area contributed by atoms with Gasteiger partial charge in [0, 0.05) is 18.2 Å². The van der Waals surface area contributed by atoms with Crippen LogP contribution in [0.5, 0.6) is 0 Å². The van der Waals surface area contributed by atoms with Gasteiger partial charge in [0.05, 0.1) is 12.1 Å². The van der Waals surface area contributed by atoms with Crippen LogP contribution in [-0.2, 0) is 9.53 Å². The molecule has 0 radical (unpaired) electrons. The highest BCUT2D eigenvalue weighted by atomic mass is 32.1. The quantitative estimate of drug-likeness (QED) is 0.618. The lowest BCUT2D eigenvalue weighted by molar-refractivity contribution is -0.118. The van der Waals surface area contributed by atoms with Crippen molar-refractivity contribution in [1.82, 2.24) is 10.3 Å². The summed E-state index contributed by atoms with van der Waals surface area (Å²) in [7, 11) is 0. The van der Waals surface area contributed by atoms with Gasteiger partial charge in [-0.1, -0.05) is 6.92 Å². The highest BCUT2D eigenvalue weighted by Gasteiger charge is 2.20. The second-order valence-electron chi connectivity index (χ2n) is 4.19. The van der Waals surface area contributed by atoms with Gasteiger partial charge in [-0.05, 0) is 26.3 Å². The fraction of sp³-hybridized carbons (Fsp3) is 0.500. The van der Waals surface area contributed by atoms with E-state index in [1.807, 2.05) is 26.8 Å². The molecule has 0 aliphatic rings. The summed E-state index contributed by atoms with van der Waals surface area (Å²) in [6, 6.07) is 1.80. The molecule has 0 aromatic carbocycles. The molecule has 6 heteroatoms. The molecule has 1 rings (SSSR count). The molecule has 0 spiro atoms. The molecule has 1 aromatic rings. The summed E-state index contributed by atoms with van der Waals surface area (Å²) in [5.74, 6) is -0.388. The Morgan fingerprint density at radius 2 is 2.40 bits per heavy atom. The van der Waals surface area contributed by atoms with E-state index in [0.29, 0.717) is 11.6 Å². The molecule has 2 atom stereocenters. The standard InChI is InChI=1S/C14H19N3O2S/c1-4-12(10(3)19-5-2)17-14(18)11(9-15)8-13-16-6-7-20-13/h6-8,10,12H,4-5H2,1-3H3,(H,17,18)/b11-8+. The van der Waals surface area contributed by atoms with E-state index in [1.54, 1.807) is 11.6 Å². The predicted molar refractivity (Wildman–Crippen MR) is 79.0 cm³/mol. The summed E-state index contributed by atoms with van der Waals surface area (Å²) in [5, 5.41) is 14.4. The minimum absolute atomic E-state index is 0.0575. The van der Waals surface area contributed by atoms with E-state index in [0.717, 1.165) is 6.42 Å². The lowest BCUT2D eigenvalue weighted by atomic mass is 10.1. The van der Waals surface area contributed by atoms with Crippen LogP contribution in [0.25, 0.3) is 6.08 Å². The molecule has 0 bridgehead atoms. The van der Waals surface area contributed by atoms with Crippen molar-refractivity contribution in [2.24, 2.45) is 0 Å². The number of carbonyl (C=O) groups is 1. The van der Waals surface area contributed by atoms with Gasteiger partial charge in [0.15, 0.2) is 0 Å². The number of nitriles is 1. The molecule has 1 amide bonds. The average Bonchev–Trinajstić information content (AvgIpc) is 2.94. The number of aromatic nitrogens is 1. The summed E-state index contributed by atoms with van der Waals surface area (Å²) in [6.45, 7) is 6.38. The number of hydrogen-bond acceptors (Lipinski definition) is 5. The van der Waals surface area contributed by atoms with Gasteiger partial charge in [0.1, 0.15) is 16.6 Å². The maximum Gasteiger partial charge on any atom is 0.262 e. The van der Waals surface area contributed by atoms with Crippen molar-refractivity contribution < 1.29 is 9.53 Å². The Hall–Kier alpha value is -1.71. The third kappa shape index (κ3) is 4.76. The third-order valence-corrected chi connectivity index (χ3v) is 3.56.